The van der Waals surface area contributed by atoms with Crippen LogP contribution in [0.3, 0.4) is 0 Å². The van der Waals surface area contributed by atoms with Gasteiger partial charge in [0.2, 0.25) is 17.7 Å². The van der Waals surface area contributed by atoms with Crippen molar-refractivity contribution in [1.82, 2.24) is 44.3 Å². The number of nitrogens with zero attached hydrogens (tertiary/aromatic N) is 11. The molecule has 8 heterocycles. The molecule has 4 saturated heterocycles. The maximum Gasteiger partial charge on any atom is 0.248 e. The lowest BCUT2D eigenvalue weighted by Crippen LogP contribution is -2.35. The Hall–Kier alpha value is -5.55. The molecule has 20 heteroatoms. The van der Waals surface area contributed by atoms with E-state index >= 15 is 0 Å². The number of likely N-dealkylation sites (tertiary alicyclic amines) is 2. The molecule has 10 rings (SSSR count). The summed E-state index contributed by atoms with van der Waals surface area (Å²) in [5.41, 5.74) is 4.59. The molecule has 4 aliphatic rings. The highest BCUT2D eigenvalue weighted by atomic mass is 35.5. The predicted octanol–water partition coefficient (Wildman–Crippen LogP) is 7.32. The largest absolute Gasteiger partial charge is 0.495 e. The van der Waals surface area contributed by atoms with Crippen LogP contribution in [0.2, 0.25) is 20.1 Å². The van der Waals surface area contributed by atoms with Gasteiger partial charge in [0.25, 0.3) is 0 Å². The second-order valence-electron chi connectivity index (χ2n) is 16.8. The van der Waals surface area contributed by atoms with Crippen molar-refractivity contribution in [3.63, 3.8) is 0 Å². The van der Waals surface area contributed by atoms with Crippen LogP contribution in [0.4, 0.5) is 11.4 Å². The number of halogens is 4. The summed E-state index contributed by atoms with van der Waals surface area (Å²) in [7, 11) is 3.24. The van der Waals surface area contributed by atoms with Crippen LogP contribution >= 0.6 is 46.4 Å². The quantitative estimate of drug-likeness (QED) is 0.135. The van der Waals surface area contributed by atoms with Gasteiger partial charge in [0.05, 0.1) is 51.9 Å². The van der Waals surface area contributed by atoms with E-state index in [1.807, 2.05) is 60.0 Å². The fourth-order valence-corrected chi connectivity index (χ4v) is 10.2. The molecule has 340 valence electrons. The maximum atomic E-state index is 13.1. The molecule has 6 aromatic rings. The molecular formula is C45H47Cl4N11O5. The summed E-state index contributed by atoms with van der Waals surface area (Å²) in [4.78, 5) is 47.2. The molecule has 4 aromatic heterocycles. The minimum absolute atomic E-state index is 0.0420. The highest BCUT2D eigenvalue weighted by Gasteiger charge is 2.43. The molecule has 2 amide bonds. The summed E-state index contributed by atoms with van der Waals surface area (Å²) < 4.78 is 19.3. The minimum atomic E-state index is 0.0420. The molecular weight excluding hydrogens is 916 g/mol. The number of benzene rings is 2. The van der Waals surface area contributed by atoms with Crippen molar-refractivity contribution in [2.24, 2.45) is 23.7 Å². The molecule has 16 nitrogen and oxygen atoms in total. The van der Waals surface area contributed by atoms with E-state index in [9.17, 15) is 9.59 Å². The van der Waals surface area contributed by atoms with Crippen LogP contribution in [-0.2, 0) is 22.7 Å². The first kappa shape index (κ1) is 44.6. The molecule has 0 saturated carbocycles. The number of rotatable bonds is 10. The third-order valence-corrected chi connectivity index (χ3v) is 14.5. The first-order valence-corrected chi connectivity index (χ1v) is 22.8. The van der Waals surface area contributed by atoms with Crippen molar-refractivity contribution in [1.29, 1.82) is 0 Å². The Morgan fingerprint density at radius 3 is 1.51 bits per heavy atom. The predicted molar refractivity (Wildman–Crippen MR) is 248 cm³/mol. The van der Waals surface area contributed by atoms with Gasteiger partial charge in [-0.3, -0.25) is 19.0 Å². The van der Waals surface area contributed by atoms with Gasteiger partial charge in [-0.05, 0) is 44.2 Å². The monoisotopic (exact) mass is 961 g/mol. The van der Waals surface area contributed by atoms with Crippen LogP contribution in [0.15, 0.2) is 71.7 Å². The zero-order valence-electron chi connectivity index (χ0n) is 36.2. The van der Waals surface area contributed by atoms with Gasteiger partial charge < -0.3 is 33.5 Å². The van der Waals surface area contributed by atoms with Gasteiger partial charge in [-0.1, -0.05) is 46.4 Å². The minimum Gasteiger partial charge on any atom is -0.495 e. The summed E-state index contributed by atoms with van der Waals surface area (Å²) in [6, 6.07) is 13.5. The Kier molecular flexibility index (Phi) is 12.9. The van der Waals surface area contributed by atoms with Gasteiger partial charge >= 0.3 is 0 Å². The highest BCUT2D eigenvalue weighted by Crippen LogP contribution is 2.39. The summed E-state index contributed by atoms with van der Waals surface area (Å²) in [5.74, 6) is 3.98. The van der Waals surface area contributed by atoms with Crippen LogP contribution in [-0.4, -0.2) is 123 Å². The average molecular weight is 964 g/mol. The van der Waals surface area contributed by atoms with Crippen molar-refractivity contribution in [2.45, 2.75) is 26.9 Å². The smallest absolute Gasteiger partial charge is 0.248 e. The summed E-state index contributed by atoms with van der Waals surface area (Å²) >= 11 is 25.2. The van der Waals surface area contributed by atoms with Gasteiger partial charge in [0.1, 0.15) is 36.5 Å². The van der Waals surface area contributed by atoms with Crippen molar-refractivity contribution >= 4 is 69.6 Å². The molecule has 4 atom stereocenters. The molecule has 4 unspecified atom stereocenters. The van der Waals surface area contributed by atoms with Crippen LogP contribution in [0.25, 0.3) is 23.1 Å². The highest BCUT2D eigenvalue weighted by molar-refractivity contribution is 6.34. The van der Waals surface area contributed by atoms with E-state index in [-0.39, 0.29) is 24.9 Å². The molecule has 0 spiro atoms. The topological polar surface area (TPSA) is 153 Å². The molecule has 4 aliphatic heterocycles. The van der Waals surface area contributed by atoms with Crippen molar-refractivity contribution < 1.29 is 23.5 Å². The molecule has 0 N–H and O–H groups in total. The van der Waals surface area contributed by atoms with Crippen molar-refractivity contribution in [2.75, 3.05) is 76.4 Å². The Morgan fingerprint density at radius 1 is 0.631 bits per heavy atom. The number of carbonyl (C=O) groups is 2. The lowest BCUT2D eigenvalue weighted by Gasteiger charge is -2.24. The van der Waals surface area contributed by atoms with E-state index in [1.165, 1.54) is 12.5 Å². The van der Waals surface area contributed by atoms with Gasteiger partial charge in [-0.2, -0.15) is 10.2 Å². The Morgan fingerprint density at radius 2 is 1.08 bits per heavy atom. The number of ether oxygens (including phenoxy) is 2. The van der Waals surface area contributed by atoms with Crippen LogP contribution in [0.5, 0.6) is 11.5 Å². The molecule has 0 radical (unpaired) electrons. The number of aromatic nitrogens is 7. The van der Waals surface area contributed by atoms with E-state index in [4.69, 9.17) is 60.3 Å². The summed E-state index contributed by atoms with van der Waals surface area (Å²) in [6.45, 7) is 10.6. The lowest BCUT2D eigenvalue weighted by atomic mass is 10.0. The number of anilines is 2. The summed E-state index contributed by atoms with van der Waals surface area (Å²) in [5, 5.41) is 11.1. The van der Waals surface area contributed by atoms with Gasteiger partial charge in [-0.15, -0.1) is 0 Å². The van der Waals surface area contributed by atoms with E-state index in [0.29, 0.717) is 78.4 Å². The third kappa shape index (κ3) is 9.05. The first-order valence-electron chi connectivity index (χ1n) is 21.2. The van der Waals surface area contributed by atoms with Crippen LogP contribution in [0, 0.1) is 37.5 Å². The van der Waals surface area contributed by atoms with E-state index < -0.39 is 0 Å². The van der Waals surface area contributed by atoms with Crippen LogP contribution in [0.1, 0.15) is 11.4 Å². The SMILES string of the molecule is COc1cc(N2CC3CN(C(=O)Cn4nc(-c5ncccn5)c(Cl)c4C)CC3C2)ccc1Cl.COc1cc(N2CC3CN(C(=O)Cn4nc(-c5ncco5)c(Cl)c4C)CC3C2)ccc1Cl. The Bertz CT molecular complexity index is 2670. The van der Waals surface area contributed by atoms with Crippen molar-refractivity contribution in [3.05, 3.63) is 98.8 Å². The molecule has 2 aromatic carbocycles. The molecule has 0 aliphatic carbocycles. The van der Waals surface area contributed by atoms with Crippen molar-refractivity contribution in [3.8, 4) is 34.6 Å². The van der Waals surface area contributed by atoms with Gasteiger partial charge in [-0.25, -0.2) is 15.0 Å². The summed E-state index contributed by atoms with van der Waals surface area (Å²) in [6.07, 6.45) is 6.30. The Balaban J connectivity index is 0.000000164. The Labute approximate surface area is 395 Å². The van der Waals surface area contributed by atoms with Gasteiger partial charge in [0, 0.05) is 112 Å². The van der Waals surface area contributed by atoms with E-state index in [0.717, 1.165) is 75.1 Å². The standard InChI is InChI=1S/C23H24Cl2N6O2.C22H23Cl2N5O3/c1-14-21(25)22(23-26-6-3-7-27-23)28-31(14)13-20(32)30-11-15-9-29(10-16(15)12-30)17-4-5-18(24)19(8-17)33-2;1-13-20(24)21(22-25-5-6-32-22)26-29(13)12-19(30)28-10-14-8-27(9-15(14)11-28)16-3-4-17(23)18(7-16)31-2/h3-8,15-16H,9-13H2,1-2H3;3-7,14-15H,8-12H2,1-2H3. The first-order chi connectivity index (χ1) is 31.4. The fraction of sp³-hybridized carbons (Fsp3) is 0.400. The van der Waals surface area contributed by atoms with Gasteiger partial charge in [0.15, 0.2) is 11.5 Å². The molecule has 65 heavy (non-hydrogen) atoms. The normalized spacial score (nSPS) is 19.9. The van der Waals surface area contributed by atoms with Crippen LogP contribution < -0.4 is 19.3 Å². The number of oxazole rings is 1. The maximum absolute atomic E-state index is 13.1. The number of hydrogen-bond acceptors (Lipinski definition) is 12. The second-order valence-corrected chi connectivity index (χ2v) is 18.4. The van der Waals surface area contributed by atoms with E-state index in [2.05, 4.69) is 34.9 Å². The zero-order valence-corrected chi connectivity index (χ0v) is 39.2. The average Bonchev–Trinajstić information content (AvgIpc) is 4.19. The number of carbonyl (C=O) groups excluding carboxylic acids is 2. The fourth-order valence-electron chi connectivity index (χ4n) is 9.36. The number of hydrogen-bond donors (Lipinski definition) is 0. The third-order valence-electron chi connectivity index (χ3n) is 12.9. The molecule has 0 bridgehead atoms. The lowest BCUT2D eigenvalue weighted by molar-refractivity contribution is -0.132. The molecule has 4 fully saturated rings. The second kappa shape index (κ2) is 18.7. The number of methoxy groups -OCH3 is 2. The van der Waals surface area contributed by atoms with E-state index in [1.54, 1.807) is 42.0 Å². The number of amides is 2. The number of fused-ring (bicyclic) bond motifs is 2. The zero-order chi connectivity index (χ0) is 45.5.